The molecule has 82 valence electrons. The van der Waals surface area contributed by atoms with Crippen molar-refractivity contribution in [2.45, 2.75) is 45.9 Å². The van der Waals surface area contributed by atoms with Gasteiger partial charge in [-0.2, -0.15) is 0 Å². The Kier molecular flexibility index (Phi) is 3.75. The molecule has 1 saturated heterocycles. The molecular formula is C10H19NO3. The van der Waals surface area contributed by atoms with Gasteiger partial charge in [0.05, 0.1) is 31.4 Å². The first-order valence-electron chi connectivity index (χ1n) is 5.09. The number of carbonyl (C=O) groups excluding carboxylic acids is 1. The molecule has 14 heavy (non-hydrogen) atoms. The van der Waals surface area contributed by atoms with Crippen LogP contribution in [0.4, 0.5) is 4.79 Å². The van der Waals surface area contributed by atoms with E-state index in [1.54, 1.807) is 4.90 Å². The van der Waals surface area contributed by atoms with E-state index in [0.29, 0.717) is 13.2 Å². The summed E-state index contributed by atoms with van der Waals surface area (Å²) in [6.07, 6.45) is -0.298. The van der Waals surface area contributed by atoms with Gasteiger partial charge in [-0.15, -0.1) is 0 Å². The largest absolute Gasteiger partial charge is 0.447 e. The minimum absolute atomic E-state index is 0.0651. The summed E-state index contributed by atoms with van der Waals surface area (Å²) < 4.78 is 10.5. The second-order valence-electron chi connectivity index (χ2n) is 4.08. The maximum Gasteiger partial charge on any atom is 0.410 e. The standard InChI is InChI=1S/C10H19NO3/c1-7(2)14-10(12)11-8(3)5-13-6-9(11)4/h7-9H,5-6H2,1-4H3. The number of morpholine rings is 1. The molecule has 1 fully saturated rings. The quantitative estimate of drug-likeness (QED) is 0.647. The van der Waals surface area contributed by atoms with Gasteiger partial charge in [-0.05, 0) is 27.7 Å². The van der Waals surface area contributed by atoms with E-state index < -0.39 is 0 Å². The number of rotatable bonds is 1. The van der Waals surface area contributed by atoms with Crippen molar-refractivity contribution in [1.82, 2.24) is 4.90 Å². The van der Waals surface area contributed by atoms with E-state index in [1.165, 1.54) is 0 Å². The van der Waals surface area contributed by atoms with E-state index in [2.05, 4.69) is 0 Å². The van der Waals surface area contributed by atoms with Crippen LogP contribution < -0.4 is 0 Å². The van der Waals surface area contributed by atoms with Crippen LogP contribution in [-0.2, 0) is 9.47 Å². The molecule has 1 aliphatic rings. The maximum atomic E-state index is 11.7. The average molecular weight is 201 g/mol. The molecule has 0 N–H and O–H groups in total. The van der Waals surface area contributed by atoms with Crippen LogP contribution in [0.1, 0.15) is 27.7 Å². The molecule has 1 heterocycles. The fourth-order valence-corrected chi connectivity index (χ4v) is 1.63. The van der Waals surface area contributed by atoms with E-state index >= 15 is 0 Å². The number of ether oxygens (including phenoxy) is 2. The second kappa shape index (κ2) is 4.64. The molecule has 0 radical (unpaired) electrons. The summed E-state index contributed by atoms with van der Waals surface area (Å²) in [5.74, 6) is 0. The van der Waals surface area contributed by atoms with E-state index in [-0.39, 0.29) is 24.3 Å². The van der Waals surface area contributed by atoms with Crippen molar-refractivity contribution in [3.05, 3.63) is 0 Å². The van der Waals surface area contributed by atoms with Gasteiger partial charge in [-0.25, -0.2) is 4.79 Å². The lowest BCUT2D eigenvalue weighted by molar-refractivity contribution is -0.0384. The van der Waals surface area contributed by atoms with Gasteiger partial charge < -0.3 is 9.47 Å². The highest BCUT2D eigenvalue weighted by Gasteiger charge is 2.31. The first kappa shape index (κ1) is 11.3. The molecule has 4 nitrogen and oxygen atoms in total. The van der Waals surface area contributed by atoms with Crippen LogP contribution >= 0.6 is 0 Å². The molecule has 1 amide bonds. The van der Waals surface area contributed by atoms with Crippen LogP contribution in [0.3, 0.4) is 0 Å². The first-order valence-corrected chi connectivity index (χ1v) is 5.09. The minimum Gasteiger partial charge on any atom is -0.447 e. The molecule has 0 bridgehead atoms. The molecule has 2 unspecified atom stereocenters. The lowest BCUT2D eigenvalue weighted by Gasteiger charge is -2.38. The van der Waals surface area contributed by atoms with Crippen LogP contribution in [-0.4, -0.2) is 42.4 Å². The van der Waals surface area contributed by atoms with Crippen molar-refractivity contribution >= 4 is 6.09 Å². The third-order valence-corrected chi connectivity index (χ3v) is 2.22. The van der Waals surface area contributed by atoms with Crippen molar-refractivity contribution in [2.75, 3.05) is 13.2 Å². The molecule has 0 saturated carbocycles. The number of hydrogen-bond donors (Lipinski definition) is 0. The normalized spacial score (nSPS) is 27.9. The van der Waals surface area contributed by atoms with Gasteiger partial charge in [0.2, 0.25) is 0 Å². The van der Waals surface area contributed by atoms with Gasteiger partial charge in [0.25, 0.3) is 0 Å². The van der Waals surface area contributed by atoms with Gasteiger partial charge in [0.1, 0.15) is 0 Å². The molecular weight excluding hydrogens is 182 g/mol. The SMILES string of the molecule is CC(C)OC(=O)N1C(C)COCC1C. The molecule has 1 aliphatic heterocycles. The Labute approximate surface area is 85.2 Å². The third kappa shape index (κ3) is 2.61. The monoisotopic (exact) mass is 201 g/mol. The zero-order valence-electron chi connectivity index (χ0n) is 9.32. The third-order valence-electron chi connectivity index (χ3n) is 2.22. The molecule has 2 atom stereocenters. The van der Waals surface area contributed by atoms with Gasteiger partial charge >= 0.3 is 6.09 Å². The Morgan fingerprint density at radius 3 is 2.29 bits per heavy atom. The summed E-state index contributed by atoms with van der Waals surface area (Å²) in [5, 5.41) is 0. The Bertz CT molecular complexity index is 196. The van der Waals surface area contributed by atoms with Gasteiger partial charge in [-0.1, -0.05) is 0 Å². The van der Waals surface area contributed by atoms with E-state index in [9.17, 15) is 4.79 Å². The predicted octanol–water partition coefficient (Wildman–Crippen LogP) is 1.64. The number of hydrogen-bond acceptors (Lipinski definition) is 3. The van der Waals surface area contributed by atoms with Crippen LogP contribution in [0.15, 0.2) is 0 Å². The van der Waals surface area contributed by atoms with Gasteiger partial charge in [-0.3, -0.25) is 4.90 Å². The minimum atomic E-state index is -0.233. The first-order chi connectivity index (χ1) is 6.52. The molecule has 1 rings (SSSR count). The highest BCUT2D eigenvalue weighted by molar-refractivity contribution is 5.68. The van der Waals surface area contributed by atoms with Gasteiger partial charge in [0, 0.05) is 0 Å². The summed E-state index contributed by atoms with van der Waals surface area (Å²) in [6.45, 7) is 8.84. The van der Waals surface area contributed by atoms with Crippen LogP contribution in [0.25, 0.3) is 0 Å². The number of amides is 1. The fourth-order valence-electron chi connectivity index (χ4n) is 1.63. The topological polar surface area (TPSA) is 38.8 Å². The Hall–Kier alpha value is -0.770. The summed E-state index contributed by atoms with van der Waals surface area (Å²) in [6, 6.07) is 0.204. The molecule has 0 spiro atoms. The molecule has 0 aliphatic carbocycles. The predicted molar refractivity (Wildman–Crippen MR) is 53.2 cm³/mol. The Morgan fingerprint density at radius 1 is 1.36 bits per heavy atom. The molecule has 0 aromatic carbocycles. The summed E-state index contributed by atoms with van der Waals surface area (Å²) in [5.41, 5.74) is 0. The Balaban J connectivity index is 2.58. The fraction of sp³-hybridized carbons (Fsp3) is 0.900. The maximum absolute atomic E-state index is 11.7. The van der Waals surface area contributed by atoms with E-state index in [1.807, 2.05) is 27.7 Å². The lowest BCUT2D eigenvalue weighted by atomic mass is 10.2. The van der Waals surface area contributed by atoms with Crippen molar-refractivity contribution in [3.63, 3.8) is 0 Å². The highest BCUT2D eigenvalue weighted by atomic mass is 16.6. The van der Waals surface area contributed by atoms with Crippen LogP contribution in [0.5, 0.6) is 0 Å². The van der Waals surface area contributed by atoms with Crippen molar-refractivity contribution in [3.8, 4) is 0 Å². The summed E-state index contributed by atoms with van der Waals surface area (Å²) in [7, 11) is 0. The Morgan fingerprint density at radius 2 is 1.86 bits per heavy atom. The highest BCUT2D eigenvalue weighted by Crippen LogP contribution is 2.14. The second-order valence-corrected chi connectivity index (χ2v) is 4.08. The number of carbonyl (C=O) groups is 1. The lowest BCUT2D eigenvalue weighted by Crippen LogP contribution is -2.53. The van der Waals surface area contributed by atoms with Crippen LogP contribution in [0.2, 0.25) is 0 Å². The van der Waals surface area contributed by atoms with E-state index in [0.717, 1.165) is 0 Å². The van der Waals surface area contributed by atoms with Crippen molar-refractivity contribution in [1.29, 1.82) is 0 Å². The summed E-state index contributed by atoms with van der Waals surface area (Å²) >= 11 is 0. The molecule has 4 heteroatoms. The smallest absolute Gasteiger partial charge is 0.410 e. The van der Waals surface area contributed by atoms with Gasteiger partial charge in [0.15, 0.2) is 0 Å². The van der Waals surface area contributed by atoms with Crippen LogP contribution in [0, 0.1) is 0 Å². The molecule has 0 aromatic heterocycles. The summed E-state index contributed by atoms with van der Waals surface area (Å²) in [4.78, 5) is 13.4. The van der Waals surface area contributed by atoms with Crippen molar-refractivity contribution in [2.24, 2.45) is 0 Å². The van der Waals surface area contributed by atoms with E-state index in [4.69, 9.17) is 9.47 Å². The zero-order valence-corrected chi connectivity index (χ0v) is 9.32. The molecule has 0 aromatic rings. The zero-order chi connectivity index (χ0) is 10.7. The number of nitrogens with zero attached hydrogens (tertiary/aromatic N) is 1. The average Bonchev–Trinajstić information content (AvgIpc) is 2.01. The van der Waals surface area contributed by atoms with Crippen molar-refractivity contribution < 1.29 is 14.3 Å².